The topological polar surface area (TPSA) is 40.5 Å². The minimum atomic E-state index is -4.78. The average molecular weight is 432 g/mol. The van der Waals surface area contributed by atoms with E-state index in [0.29, 0.717) is 30.7 Å². The minimum absolute atomic E-state index is 0.201. The zero-order chi connectivity index (χ0) is 22.0. The van der Waals surface area contributed by atoms with E-state index in [4.69, 9.17) is 11.6 Å². The Morgan fingerprint density at radius 3 is 2.45 bits per heavy atom. The van der Waals surface area contributed by atoms with E-state index in [-0.39, 0.29) is 11.9 Å². The standard InChI is InChI=1S/C22H29ClF3NO2/c1-5-12-20(3)13-11-18(15-7-9-16(23)10-8-15)27(19(20)28)17(6-2)14-21(4,29)22(24,25)26/h5,7-10,17-18,29H,1,6,11-14H2,2-4H3/t17?,18?,20-,21+/m0/s1. The maximum Gasteiger partial charge on any atom is 0.416 e. The van der Waals surface area contributed by atoms with Gasteiger partial charge in [-0.15, -0.1) is 6.58 Å². The van der Waals surface area contributed by atoms with Crippen LogP contribution in [0.25, 0.3) is 0 Å². The Morgan fingerprint density at radius 1 is 1.38 bits per heavy atom. The molecule has 1 amide bonds. The van der Waals surface area contributed by atoms with Crippen LogP contribution in [0, 0.1) is 5.41 Å². The zero-order valence-electron chi connectivity index (χ0n) is 17.1. The van der Waals surface area contributed by atoms with E-state index in [1.165, 1.54) is 0 Å². The van der Waals surface area contributed by atoms with Crippen molar-refractivity contribution >= 4 is 17.5 Å². The number of hydrogen-bond donors (Lipinski definition) is 1. The number of amides is 1. The Balaban J connectivity index is 2.47. The third-order valence-corrected chi connectivity index (χ3v) is 6.27. The van der Waals surface area contributed by atoms with Crippen LogP contribution in [0.1, 0.15) is 64.5 Å². The van der Waals surface area contributed by atoms with Crippen molar-refractivity contribution in [3.05, 3.63) is 47.5 Å². The number of likely N-dealkylation sites (tertiary alicyclic amines) is 1. The Bertz CT molecular complexity index is 733. The molecule has 1 aliphatic heterocycles. The highest BCUT2D eigenvalue weighted by atomic mass is 35.5. The summed E-state index contributed by atoms with van der Waals surface area (Å²) in [5.74, 6) is -0.201. The molecule has 1 aromatic carbocycles. The summed E-state index contributed by atoms with van der Waals surface area (Å²) >= 11 is 5.98. The number of alkyl halides is 3. The highest BCUT2D eigenvalue weighted by Gasteiger charge is 2.53. The Kier molecular flexibility index (Phi) is 7.11. The molecular formula is C22H29ClF3NO2. The number of carbonyl (C=O) groups is 1. The Hall–Kier alpha value is -1.53. The number of halogens is 4. The lowest BCUT2D eigenvalue weighted by atomic mass is 9.73. The lowest BCUT2D eigenvalue weighted by Crippen LogP contribution is -2.56. The van der Waals surface area contributed by atoms with Crippen molar-refractivity contribution < 1.29 is 23.1 Å². The number of aliphatic hydroxyl groups is 1. The molecular weight excluding hydrogens is 403 g/mol. The fourth-order valence-electron chi connectivity index (χ4n) is 4.11. The predicted molar refractivity (Wildman–Crippen MR) is 109 cm³/mol. The highest BCUT2D eigenvalue weighted by molar-refractivity contribution is 6.30. The molecule has 2 unspecified atom stereocenters. The second-order valence-electron chi connectivity index (χ2n) is 8.41. The molecule has 7 heteroatoms. The summed E-state index contributed by atoms with van der Waals surface area (Å²) in [7, 11) is 0. The normalized spacial score (nSPS) is 26.1. The van der Waals surface area contributed by atoms with Crippen molar-refractivity contribution in [3.63, 3.8) is 0 Å². The van der Waals surface area contributed by atoms with Gasteiger partial charge < -0.3 is 10.0 Å². The van der Waals surface area contributed by atoms with Crippen LogP contribution >= 0.6 is 11.6 Å². The van der Waals surface area contributed by atoms with Crippen LogP contribution in [-0.4, -0.2) is 33.7 Å². The summed E-state index contributed by atoms with van der Waals surface area (Å²) in [6.45, 7) is 8.07. The predicted octanol–water partition coefficient (Wildman–Crippen LogP) is 6.07. The zero-order valence-corrected chi connectivity index (χ0v) is 17.9. The first-order chi connectivity index (χ1) is 13.4. The SMILES string of the molecule is C=CC[C@@]1(C)CCC(c2ccc(Cl)cc2)N(C(CC)C[C@@](C)(O)C(F)(F)F)C1=O. The summed E-state index contributed by atoms with van der Waals surface area (Å²) in [4.78, 5) is 15.1. The average Bonchev–Trinajstić information content (AvgIpc) is 2.62. The first kappa shape index (κ1) is 23.7. The fourth-order valence-corrected chi connectivity index (χ4v) is 4.23. The summed E-state index contributed by atoms with van der Waals surface area (Å²) < 4.78 is 40.1. The van der Waals surface area contributed by atoms with Gasteiger partial charge in [-0.05, 0) is 50.3 Å². The summed E-state index contributed by atoms with van der Waals surface area (Å²) in [5.41, 5.74) is -2.78. The van der Waals surface area contributed by atoms with E-state index in [2.05, 4.69) is 6.58 Å². The maximum absolute atomic E-state index is 13.5. The van der Waals surface area contributed by atoms with Crippen LogP contribution in [0.3, 0.4) is 0 Å². The number of rotatable bonds is 7. The van der Waals surface area contributed by atoms with E-state index >= 15 is 0 Å². The summed E-state index contributed by atoms with van der Waals surface area (Å²) in [6, 6.07) is 5.90. The molecule has 1 aromatic rings. The number of nitrogens with zero attached hydrogens (tertiary/aromatic N) is 1. The van der Waals surface area contributed by atoms with Gasteiger partial charge in [0.25, 0.3) is 0 Å². The van der Waals surface area contributed by atoms with Gasteiger partial charge in [0.1, 0.15) is 0 Å². The van der Waals surface area contributed by atoms with Crippen molar-refractivity contribution in [3.8, 4) is 0 Å². The summed E-state index contributed by atoms with van der Waals surface area (Å²) in [5, 5.41) is 10.6. The largest absolute Gasteiger partial charge is 0.416 e. The highest BCUT2D eigenvalue weighted by Crippen LogP contribution is 2.46. The second kappa shape index (κ2) is 8.68. The quantitative estimate of drug-likeness (QED) is 0.532. The molecule has 0 spiro atoms. The van der Waals surface area contributed by atoms with Gasteiger partial charge in [-0.1, -0.05) is 43.7 Å². The number of piperidine rings is 1. The third kappa shape index (κ3) is 4.97. The van der Waals surface area contributed by atoms with Crippen LogP contribution in [-0.2, 0) is 4.79 Å². The molecule has 1 fully saturated rings. The smallest absolute Gasteiger partial charge is 0.381 e. The van der Waals surface area contributed by atoms with Gasteiger partial charge in [0, 0.05) is 17.5 Å². The number of allylic oxidation sites excluding steroid dienone is 1. The molecule has 3 nitrogen and oxygen atoms in total. The van der Waals surface area contributed by atoms with Crippen molar-refractivity contribution in [2.45, 2.75) is 76.7 Å². The van der Waals surface area contributed by atoms with E-state index in [0.717, 1.165) is 12.5 Å². The summed E-state index contributed by atoms with van der Waals surface area (Å²) in [6.07, 6.45) is -1.72. The molecule has 2 rings (SSSR count). The second-order valence-corrected chi connectivity index (χ2v) is 8.85. The van der Waals surface area contributed by atoms with Crippen LogP contribution in [0.4, 0.5) is 13.2 Å². The van der Waals surface area contributed by atoms with E-state index in [1.54, 1.807) is 42.2 Å². The van der Waals surface area contributed by atoms with Crippen molar-refractivity contribution in [1.29, 1.82) is 0 Å². The van der Waals surface area contributed by atoms with Crippen molar-refractivity contribution in [2.75, 3.05) is 0 Å². The van der Waals surface area contributed by atoms with Gasteiger partial charge in [-0.2, -0.15) is 13.2 Å². The van der Waals surface area contributed by atoms with Gasteiger partial charge >= 0.3 is 6.18 Å². The first-order valence-corrected chi connectivity index (χ1v) is 10.2. The number of carbonyl (C=O) groups excluding carboxylic acids is 1. The Labute approximate surface area is 175 Å². The Morgan fingerprint density at radius 2 is 1.97 bits per heavy atom. The van der Waals surface area contributed by atoms with Crippen LogP contribution in [0.2, 0.25) is 5.02 Å². The molecule has 1 aliphatic rings. The molecule has 1 heterocycles. The molecule has 162 valence electrons. The molecule has 4 atom stereocenters. The van der Waals surface area contributed by atoms with Crippen molar-refractivity contribution in [1.82, 2.24) is 4.90 Å². The van der Waals surface area contributed by atoms with E-state index in [9.17, 15) is 23.1 Å². The maximum atomic E-state index is 13.5. The van der Waals surface area contributed by atoms with Crippen LogP contribution < -0.4 is 0 Å². The monoisotopic (exact) mass is 431 g/mol. The van der Waals surface area contributed by atoms with Gasteiger partial charge in [0.15, 0.2) is 5.60 Å². The van der Waals surface area contributed by atoms with E-state index in [1.807, 2.05) is 6.92 Å². The van der Waals surface area contributed by atoms with Gasteiger partial charge in [-0.25, -0.2) is 0 Å². The molecule has 0 radical (unpaired) electrons. The fraction of sp³-hybridized carbons (Fsp3) is 0.591. The van der Waals surface area contributed by atoms with Gasteiger partial charge in [-0.3, -0.25) is 4.79 Å². The van der Waals surface area contributed by atoms with Crippen molar-refractivity contribution in [2.24, 2.45) is 5.41 Å². The molecule has 1 N–H and O–H groups in total. The lowest BCUT2D eigenvalue weighted by Gasteiger charge is -2.49. The van der Waals surface area contributed by atoms with Crippen LogP contribution in [0.5, 0.6) is 0 Å². The number of benzene rings is 1. The minimum Gasteiger partial charge on any atom is -0.381 e. The third-order valence-electron chi connectivity index (χ3n) is 6.01. The molecule has 1 saturated heterocycles. The van der Waals surface area contributed by atoms with Gasteiger partial charge in [0.2, 0.25) is 5.91 Å². The van der Waals surface area contributed by atoms with Crippen LogP contribution in [0.15, 0.2) is 36.9 Å². The lowest BCUT2D eigenvalue weighted by molar-refractivity contribution is -0.259. The van der Waals surface area contributed by atoms with E-state index < -0.39 is 29.7 Å². The number of hydrogen-bond acceptors (Lipinski definition) is 2. The molecule has 0 saturated carbocycles. The molecule has 0 aromatic heterocycles. The molecule has 29 heavy (non-hydrogen) atoms. The molecule has 0 bridgehead atoms. The van der Waals surface area contributed by atoms with Gasteiger partial charge in [0.05, 0.1) is 11.5 Å². The first-order valence-electron chi connectivity index (χ1n) is 9.84. The molecule has 0 aliphatic carbocycles.